The number of ether oxygens (including phenoxy) is 1. The molecule has 3 rings (SSSR count). The molecule has 146 valence electrons. The van der Waals surface area contributed by atoms with Crippen molar-refractivity contribution in [3.05, 3.63) is 53.6 Å². The van der Waals surface area contributed by atoms with E-state index in [2.05, 4.69) is 10.3 Å². The zero-order chi connectivity index (χ0) is 20.1. The van der Waals surface area contributed by atoms with Gasteiger partial charge in [-0.25, -0.2) is 4.99 Å². The molecule has 1 fully saturated rings. The van der Waals surface area contributed by atoms with Gasteiger partial charge in [0.05, 0.1) is 7.11 Å². The number of benzene rings is 2. The summed E-state index contributed by atoms with van der Waals surface area (Å²) >= 11 is 7.24. The fraction of sp³-hybridized carbons (Fsp3) is 0.250. The molecule has 1 heterocycles. The van der Waals surface area contributed by atoms with Crippen molar-refractivity contribution in [3.8, 4) is 5.75 Å². The molecule has 2 aromatic carbocycles. The number of rotatable bonds is 5. The predicted octanol–water partition coefficient (Wildman–Crippen LogP) is 4.33. The minimum absolute atomic E-state index is 0.107. The molecule has 1 saturated heterocycles. The van der Waals surface area contributed by atoms with Crippen molar-refractivity contribution < 1.29 is 14.3 Å². The van der Waals surface area contributed by atoms with Gasteiger partial charge in [0.2, 0.25) is 11.8 Å². The summed E-state index contributed by atoms with van der Waals surface area (Å²) < 4.78 is 5.34. The number of carbonyl (C=O) groups excluding carboxylic acids is 2. The number of thioether (sulfide) groups is 1. The Hall–Kier alpha value is -2.51. The SMILES string of the molecule is CCN1C(=O)C[C@H](C(=O)Nc2cccc(Cl)c2)SC1=Nc1ccccc1OC. The molecule has 1 aliphatic rings. The summed E-state index contributed by atoms with van der Waals surface area (Å²) in [4.78, 5) is 31.5. The molecular formula is C20H20ClN3O3S. The minimum Gasteiger partial charge on any atom is -0.494 e. The lowest BCUT2D eigenvalue weighted by atomic mass is 10.2. The summed E-state index contributed by atoms with van der Waals surface area (Å²) in [5, 5.41) is 3.25. The van der Waals surface area contributed by atoms with Crippen LogP contribution in [-0.2, 0) is 9.59 Å². The number of halogens is 1. The molecule has 0 unspecified atom stereocenters. The number of carbonyl (C=O) groups is 2. The highest BCUT2D eigenvalue weighted by atomic mass is 35.5. The van der Waals surface area contributed by atoms with Crippen LogP contribution in [0.1, 0.15) is 13.3 Å². The standard InChI is InChI=1S/C20H20ClN3O3S/c1-3-24-18(25)12-17(19(26)22-14-8-6-7-13(21)11-14)28-20(24)23-15-9-4-5-10-16(15)27-2/h4-11,17H,3,12H2,1-2H3,(H,22,26)/t17-/m1/s1. The lowest BCUT2D eigenvalue weighted by molar-refractivity contribution is -0.129. The quantitative estimate of drug-likeness (QED) is 0.786. The summed E-state index contributed by atoms with van der Waals surface area (Å²) in [5.41, 5.74) is 1.20. The Morgan fingerprint density at radius 1 is 1.32 bits per heavy atom. The molecule has 1 N–H and O–H groups in total. The second-order valence-electron chi connectivity index (χ2n) is 6.01. The van der Waals surface area contributed by atoms with Crippen LogP contribution in [0.3, 0.4) is 0 Å². The van der Waals surface area contributed by atoms with Gasteiger partial charge in [0, 0.05) is 23.7 Å². The Morgan fingerprint density at radius 3 is 2.82 bits per heavy atom. The minimum atomic E-state index is -0.581. The molecule has 0 bridgehead atoms. The maximum absolute atomic E-state index is 12.7. The highest BCUT2D eigenvalue weighted by molar-refractivity contribution is 8.15. The van der Waals surface area contributed by atoms with E-state index in [1.165, 1.54) is 11.8 Å². The number of hydrogen-bond donors (Lipinski definition) is 1. The number of amidine groups is 1. The van der Waals surface area contributed by atoms with Gasteiger partial charge >= 0.3 is 0 Å². The molecule has 28 heavy (non-hydrogen) atoms. The fourth-order valence-corrected chi connectivity index (χ4v) is 4.11. The first-order chi connectivity index (χ1) is 13.5. The lowest BCUT2D eigenvalue weighted by Crippen LogP contribution is -2.45. The van der Waals surface area contributed by atoms with Crippen LogP contribution in [0.4, 0.5) is 11.4 Å². The summed E-state index contributed by atoms with van der Waals surface area (Å²) in [6, 6.07) is 14.2. The number of aliphatic imine (C=N–C) groups is 1. The summed E-state index contributed by atoms with van der Waals surface area (Å²) in [6.45, 7) is 2.35. The van der Waals surface area contributed by atoms with Crippen LogP contribution in [0.15, 0.2) is 53.5 Å². The molecule has 8 heteroatoms. The number of nitrogens with zero attached hydrogens (tertiary/aromatic N) is 2. The van der Waals surface area contributed by atoms with E-state index in [0.717, 1.165) is 0 Å². The predicted molar refractivity (Wildman–Crippen MR) is 114 cm³/mol. The molecule has 0 radical (unpaired) electrons. The molecule has 1 aliphatic heterocycles. The Balaban J connectivity index is 1.84. The number of anilines is 1. The average molecular weight is 418 g/mol. The molecule has 0 spiro atoms. The van der Waals surface area contributed by atoms with Gasteiger partial charge in [-0.2, -0.15) is 0 Å². The van der Waals surface area contributed by atoms with Crippen LogP contribution < -0.4 is 10.1 Å². The van der Waals surface area contributed by atoms with Gasteiger partial charge in [-0.05, 0) is 37.3 Å². The Morgan fingerprint density at radius 2 is 2.11 bits per heavy atom. The van der Waals surface area contributed by atoms with Gasteiger partial charge in [-0.15, -0.1) is 0 Å². The molecule has 0 aliphatic carbocycles. The molecule has 0 aromatic heterocycles. The molecule has 0 saturated carbocycles. The second-order valence-corrected chi connectivity index (χ2v) is 7.62. The molecule has 6 nitrogen and oxygen atoms in total. The smallest absolute Gasteiger partial charge is 0.238 e. The molecular weight excluding hydrogens is 398 g/mol. The third-order valence-electron chi connectivity index (χ3n) is 4.14. The highest BCUT2D eigenvalue weighted by Gasteiger charge is 2.35. The zero-order valence-corrected chi connectivity index (χ0v) is 17.1. The maximum Gasteiger partial charge on any atom is 0.238 e. The van der Waals surface area contributed by atoms with E-state index in [9.17, 15) is 9.59 Å². The van der Waals surface area contributed by atoms with Gasteiger partial charge < -0.3 is 10.1 Å². The van der Waals surface area contributed by atoms with Crippen LogP contribution in [0, 0.1) is 0 Å². The number of nitrogens with one attached hydrogen (secondary N) is 1. The van der Waals surface area contributed by atoms with Gasteiger partial charge in [-0.3, -0.25) is 14.5 Å². The van der Waals surface area contributed by atoms with Gasteiger partial charge in [0.15, 0.2) is 5.17 Å². The number of para-hydroxylation sites is 2. The summed E-state index contributed by atoms with van der Waals surface area (Å²) in [6.07, 6.45) is 0.107. The van der Waals surface area contributed by atoms with E-state index < -0.39 is 5.25 Å². The fourth-order valence-electron chi connectivity index (χ4n) is 2.77. The summed E-state index contributed by atoms with van der Waals surface area (Å²) in [7, 11) is 1.57. The van der Waals surface area contributed by atoms with Crippen molar-refractivity contribution in [2.75, 3.05) is 19.0 Å². The van der Waals surface area contributed by atoms with Crippen LogP contribution in [0.2, 0.25) is 5.02 Å². The van der Waals surface area contributed by atoms with Gasteiger partial charge in [0.25, 0.3) is 0 Å². The second kappa shape index (κ2) is 9.12. The van der Waals surface area contributed by atoms with Crippen LogP contribution in [-0.4, -0.2) is 40.8 Å². The van der Waals surface area contributed by atoms with E-state index in [-0.39, 0.29) is 18.2 Å². The first-order valence-electron chi connectivity index (χ1n) is 8.77. The van der Waals surface area contributed by atoms with Crippen molar-refractivity contribution in [3.63, 3.8) is 0 Å². The van der Waals surface area contributed by atoms with Crippen molar-refractivity contribution in [1.82, 2.24) is 4.90 Å². The third kappa shape index (κ3) is 4.66. The van der Waals surface area contributed by atoms with E-state index in [0.29, 0.717) is 33.9 Å². The monoisotopic (exact) mass is 417 g/mol. The summed E-state index contributed by atoms with van der Waals surface area (Å²) in [5.74, 6) is 0.204. The highest BCUT2D eigenvalue weighted by Crippen LogP contribution is 2.33. The van der Waals surface area contributed by atoms with Crippen molar-refractivity contribution in [1.29, 1.82) is 0 Å². The Bertz CT molecular complexity index is 919. The van der Waals surface area contributed by atoms with E-state index in [1.54, 1.807) is 48.4 Å². The van der Waals surface area contributed by atoms with Crippen molar-refractivity contribution >= 4 is 51.7 Å². The van der Waals surface area contributed by atoms with E-state index >= 15 is 0 Å². The topological polar surface area (TPSA) is 71.0 Å². The molecule has 1 atom stereocenters. The zero-order valence-electron chi connectivity index (χ0n) is 15.5. The van der Waals surface area contributed by atoms with Crippen LogP contribution >= 0.6 is 23.4 Å². The van der Waals surface area contributed by atoms with Crippen molar-refractivity contribution in [2.24, 2.45) is 4.99 Å². The number of amides is 2. The van der Waals surface area contributed by atoms with Crippen LogP contribution in [0.25, 0.3) is 0 Å². The molecule has 2 aromatic rings. The molecule has 2 amide bonds. The lowest BCUT2D eigenvalue weighted by Gasteiger charge is -2.31. The average Bonchev–Trinajstić information content (AvgIpc) is 2.68. The Labute approximate surface area is 172 Å². The van der Waals surface area contributed by atoms with Crippen LogP contribution in [0.5, 0.6) is 5.75 Å². The van der Waals surface area contributed by atoms with E-state index in [4.69, 9.17) is 16.3 Å². The maximum atomic E-state index is 12.7. The largest absolute Gasteiger partial charge is 0.494 e. The van der Waals surface area contributed by atoms with Gasteiger partial charge in [-0.1, -0.05) is 41.6 Å². The number of methoxy groups -OCH3 is 1. The normalized spacial score (nSPS) is 18.2. The van der Waals surface area contributed by atoms with Crippen molar-refractivity contribution in [2.45, 2.75) is 18.6 Å². The Kier molecular flexibility index (Phi) is 6.59. The first kappa shape index (κ1) is 20.2. The van der Waals surface area contributed by atoms with Gasteiger partial charge in [0.1, 0.15) is 16.7 Å². The first-order valence-corrected chi connectivity index (χ1v) is 10.0. The third-order valence-corrected chi connectivity index (χ3v) is 5.56. The number of hydrogen-bond acceptors (Lipinski definition) is 5. The van der Waals surface area contributed by atoms with E-state index in [1.807, 2.05) is 19.1 Å².